The van der Waals surface area contributed by atoms with Gasteiger partial charge in [0.25, 0.3) is 0 Å². The summed E-state index contributed by atoms with van der Waals surface area (Å²) >= 11 is 0. The molecule has 114 valence electrons. The predicted molar refractivity (Wildman–Crippen MR) is 74.3 cm³/mol. The number of nitriles is 1. The zero-order chi connectivity index (χ0) is 16.3. The van der Waals surface area contributed by atoms with Gasteiger partial charge in [0.1, 0.15) is 10.6 Å². The van der Waals surface area contributed by atoms with Crippen LogP contribution in [0.5, 0.6) is 5.75 Å². The Labute approximate surface area is 123 Å². The average molecular weight is 312 g/mol. The van der Waals surface area contributed by atoms with Gasteiger partial charge in [-0.3, -0.25) is 0 Å². The molecule has 0 spiro atoms. The van der Waals surface area contributed by atoms with Crippen LogP contribution in [-0.4, -0.2) is 26.1 Å². The highest BCUT2D eigenvalue weighted by atomic mass is 32.2. The summed E-state index contributed by atoms with van der Waals surface area (Å²) in [5.74, 6) is -1.30. The first kappa shape index (κ1) is 16.9. The van der Waals surface area contributed by atoms with Gasteiger partial charge in [-0.15, -0.1) is 0 Å². The van der Waals surface area contributed by atoms with Gasteiger partial charge in [-0.25, -0.2) is 18.4 Å². The second-order valence-electron chi connectivity index (χ2n) is 5.11. The van der Waals surface area contributed by atoms with Crippen molar-refractivity contribution in [3.8, 4) is 11.8 Å². The number of ether oxygens (including phenoxy) is 1. The standard InChI is InChI=1S/C13H16N2O5S/c1-13(2,8-14)5-6-20-10-4-3-9(12(16)17)7-11(10)21(15,18)19/h3-4,7H,5-6H2,1-2H3,(H,16,17)(H2,15,18,19). The molecule has 0 atom stereocenters. The average Bonchev–Trinajstić information content (AvgIpc) is 2.37. The maximum Gasteiger partial charge on any atom is 0.335 e. The number of carboxylic acid groups (broad SMARTS) is 1. The predicted octanol–water partition coefficient (Wildman–Crippen LogP) is 1.35. The van der Waals surface area contributed by atoms with Gasteiger partial charge in [0.15, 0.2) is 0 Å². The number of carboxylic acids is 1. The van der Waals surface area contributed by atoms with E-state index < -0.39 is 26.3 Å². The molecule has 1 aromatic carbocycles. The summed E-state index contributed by atoms with van der Waals surface area (Å²) in [6.45, 7) is 3.56. The van der Waals surface area contributed by atoms with Crippen LogP contribution in [0, 0.1) is 16.7 Å². The van der Waals surface area contributed by atoms with Gasteiger partial charge in [0.05, 0.1) is 23.7 Å². The van der Waals surface area contributed by atoms with E-state index in [1.165, 1.54) is 12.1 Å². The Hall–Kier alpha value is -2.11. The van der Waals surface area contributed by atoms with Crippen LogP contribution in [0.4, 0.5) is 0 Å². The Kier molecular flexibility index (Phi) is 4.93. The zero-order valence-corrected chi connectivity index (χ0v) is 12.5. The van der Waals surface area contributed by atoms with Gasteiger partial charge in [0.2, 0.25) is 10.0 Å². The molecule has 0 bridgehead atoms. The molecule has 0 unspecified atom stereocenters. The molecule has 3 N–H and O–H groups in total. The number of nitrogens with two attached hydrogens (primary N) is 1. The lowest BCUT2D eigenvalue weighted by Gasteiger charge is -2.16. The molecule has 0 saturated carbocycles. The third kappa shape index (κ3) is 4.73. The number of hydrogen-bond acceptors (Lipinski definition) is 5. The normalized spacial score (nSPS) is 11.7. The van der Waals surface area contributed by atoms with Gasteiger partial charge >= 0.3 is 5.97 Å². The number of primary sulfonamides is 1. The molecule has 8 heteroatoms. The Balaban J connectivity index is 3.03. The quantitative estimate of drug-likeness (QED) is 0.815. The largest absolute Gasteiger partial charge is 0.492 e. The number of aromatic carboxylic acids is 1. The minimum atomic E-state index is -4.11. The summed E-state index contributed by atoms with van der Waals surface area (Å²) in [6, 6.07) is 5.51. The smallest absolute Gasteiger partial charge is 0.335 e. The lowest BCUT2D eigenvalue weighted by molar-refractivity contribution is 0.0696. The van der Waals surface area contributed by atoms with Crippen LogP contribution >= 0.6 is 0 Å². The van der Waals surface area contributed by atoms with Crippen molar-refractivity contribution in [2.24, 2.45) is 10.6 Å². The van der Waals surface area contributed by atoms with Crippen LogP contribution in [-0.2, 0) is 10.0 Å². The molecule has 1 aromatic rings. The van der Waals surface area contributed by atoms with E-state index in [4.69, 9.17) is 20.2 Å². The number of benzene rings is 1. The first-order valence-electron chi connectivity index (χ1n) is 6.01. The maximum atomic E-state index is 11.5. The van der Waals surface area contributed by atoms with Crippen molar-refractivity contribution in [3.63, 3.8) is 0 Å². The molecule has 0 fully saturated rings. The van der Waals surface area contributed by atoms with Gasteiger partial charge in [0, 0.05) is 0 Å². The first-order chi connectivity index (χ1) is 9.57. The van der Waals surface area contributed by atoms with E-state index in [0.29, 0.717) is 6.42 Å². The third-order valence-electron chi connectivity index (χ3n) is 2.78. The Morgan fingerprint density at radius 3 is 2.57 bits per heavy atom. The van der Waals surface area contributed by atoms with Crippen molar-refractivity contribution in [2.75, 3.05) is 6.61 Å². The highest BCUT2D eigenvalue weighted by Gasteiger charge is 2.20. The van der Waals surface area contributed by atoms with Gasteiger partial charge < -0.3 is 9.84 Å². The molecular weight excluding hydrogens is 296 g/mol. The lowest BCUT2D eigenvalue weighted by atomic mass is 9.92. The molecule has 0 saturated heterocycles. The van der Waals surface area contributed by atoms with Crippen molar-refractivity contribution >= 4 is 16.0 Å². The van der Waals surface area contributed by atoms with E-state index in [1.807, 2.05) is 0 Å². The van der Waals surface area contributed by atoms with Crippen molar-refractivity contribution in [2.45, 2.75) is 25.2 Å². The summed E-state index contributed by atoms with van der Waals surface area (Å²) in [5.41, 5.74) is -0.813. The van der Waals surface area contributed by atoms with E-state index in [2.05, 4.69) is 6.07 Å². The summed E-state index contributed by atoms with van der Waals surface area (Å²) in [7, 11) is -4.11. The summed E-state index contributed by atoms with van der Waals surface area (Å²) in [4.78, 5) is 10.5. The number of rotatable bonds is 6. The van der Waals surface area contributed by atoms with Gasteiger partial charge in [-0.1, -0.05) is 0 Å². The molecule has 1 rings (SSSR count). The topological polar surface area (TPSA) is 130 Å². The molecule has 0 amide bonds. The summed E-state index contributed by atoms with van der Waals surface area (Å²) < 4.78 is 28.3. The fourth-order valence-corrected chi connectivity index (χ4v) is 2.15. The molecule has 0 aliphatic carbocycles. The van der Waals surface area contributed by atoms with Crippen LogP contribution in [0.2, 0.25) is 0 Å². The Morgan fingerprint density at radius 1 is 1.48 bits per heavy atom. The van der Waals surface area contributed by atoms with Crippen LogP contribution in [0.3, 0.4) is 0 Å². The van der Waals surface area contributed by atoms with Crippen molar-refractivity contribution in [1.82, 2.24) is 0 Å². The Morgan fingerprint density at radius 2 is 2.10 bits per heavy atom. The molecule has 7 nitrogen and oxygen atoms in total. The molecule has 21 heavy (non-hydrogen) atoms. The van der Waals surface area contributed by atoms with E-state index in [1.54, 1.807) is 13.8 Å². The zero-order valence-electron chi connectivity index (χ0n) is 11.7. The highest BCUT2D eigenvalue weighted by Crippen LogP contribution is 2.26. The SMILES string of the molecule is CC(C)(C#N)CCOc1ccc(C(=O)O)cc1S(N)(=O)=O. The van der Waals surface area contributed by atoms with Gasteiger partial charge in [-0.05, 0) is 38.5 Å². The highest BCUT2D eigenvalue weighted by molar-refractivity contribution is 7.89. The molecule has 0 aromatic heterocycles. The number of hydrogen-bond donors (Lipinski definition) is 2. The summed E-state index contributed by atoms with van der Waals surface area (Å²) in [5, 5.41) is 22.8. The summed E-state index contributed by atoms with van der Waals surface area (Å²) in [6.07, 6.45) is 0.383. The van der Waals surface area contributed by atoms with Crippen molar-refractivity contribution < 1.29 is 23.1 Å². The van der Waals surface area contributed by atoms with E-state index in [9.17, 15) is 13.2 Å². The molecule has 0 heterocycles. The number of sulfonamides is 1. The van der Waals surface area contributed by atoms with E-state index in [0.717, 1.165) is 6.07 Å². The molecule has 0 aliphatic heterocycles. The number of nitrogens with zero attached hydrogens (tertiary/aromatic N) is 1. The van der Waals surface area contributed by atoms with Crippen LogP contribution in [0.15, 0.2) is 23.1 Å². The molecule has 0 radical (unpaired) electrons. The van der Waals surface area contributed by atoms with Crippen LogP contribution in [0.25, 0.3) is 0 Å². The second-order valence-corrected chi connectivity index (χ2v) is 6.64. The third-order valence-corrected chi connectivity index (χ3v) is 3.72. The molecular formula is C13H16N2O5S. The minimum absolute atomic E-state index is 0.0313. The minimum Gasteiger partial charge on any atom is -0.492 e. The molecule has 0 aliphatic rings. The second kappa shape index (κ2) is 6.11. The van der Waals surface area contributed by atoms with E-state index >= 15 is 0 Å². The van der Waals surface area contributed by atoms with E-state index in [-0.39, 0.29) is 17.9 Å². The van der Waals surface area contributed by atoms with Gasteiger partial charge in [-0.2, -0.15) is 5.26 Å². The Bertz CT molecular complexity index is 689. The monoisotopic (exact) mass is 312 g/mol. The fraction of sp³-hybridized carbons (Fsp3) is 0.385. The maximum absolute atomic E-state index is 11.5. The van der Waals surface area contributed by atoms with Crippen molar-refractivity contribution in [1.29, 1.82) is 5.26 Å². The van der Waals surface area contributed by atoms with Crippen molar-refractivity contribution in [3.05, 3.63) is 23.8 Å². The van der Waals surface area contributed by atoms with Crippen LogP contribution in [0.1, 0.15) is 30.6 Å². The first-order valence-corrected chi connectivity index (χ1v) is 7.56. The van der Waals surface area contributed by atoms with Crippen LogP contribution < -0.4 is 9.88 Å². The number of carbonyl (C=O) groups is 1. The fourth-order valence-electron chi connectivity index (χ4n) is 1.45. The lowest BCUT2D eigenvalue weighted by Crippen LogP contribution is -2.17.